The molecule has 0 bridgehead atoms. The quantitative estimate of drug-likeness (QED) is 0.578. The summed E-state index contributed by atoms with van der Waals surface area (Å²) < 4.78 is 35.7. The van der Waals surface area contributed by atoms with Crippen LogP contribution in [0.5, 0.6) is 0 Å². The smallest absolute Gasteiger partial charge is 0.264 e. The van der Waals surface area contributed by atoms with Gasteiger partial charge in [0.2, 0.25) is 0 Å². The maximum Gasteiger partial charge on any atom is 0.264 e. The minimum Gasteiger partial charge on any atom is -0.392 e. The van der Waals surface area contributed by atoms with Crippen LogP contribution in [0.15, 0.2) is 35.5 Å². The van der Waals surface area contributed by atoms with Gasteiger partial charge >= 0.3 is 0 Å². The minimum atomic E-state index is -3.81. The summed E-state index contributed by atoms with van der Waals surface area (Å²) in [4.78, 5) is 17.2. The molecule has 0 spiro atoms. The van der Waals surface area contributed by atoms with Crippen molar-refractivity contribution in [2.24, 2.45) is 5.16 Å². The molecule has 26 heavy (non-hydrogen) atoms. The largest absolute Gasteiger partial charge is 0.392 e. The van der Waals surface area contributed by atoms with Crippen LogP contribution in [0.1, 0.15) is 37.8 Å². The van der Waals surface area contributed by atoms with Crippen LogP contribution in [-0.2, 0) is 19.5 Å². The Morgan fingerprint density at radius 2 is 2.08 bits per heavy atom. The summed E-state index contributed by atoms with van der Waals surface area (Å²) in [5.74, 6) is -1.36. The number of sulfone groups is 1. The average Bonchev–Trinajstić information content (AvgIpc) is 3.07. The van der Waals surface area contributed by atoms with Gasteiger partial charge in [-0.05, 0) is 19.4 Å². The fraction of sp³-hybridized carbons (Fsp3) is 0.412. The first-order chi connectivity index (χ1) is 12.1. The molecule has 0 unspecified atom stereocenters. The maximum absolute atomic E-state index is 13.5. The number of amides is 1. The Balaban J connectivity index is 2.13. The van der Waals surface area contributed by atoms with Crippen molar-refractivity contribution < 1.29 is 27.6 Å². The van der Waals surface area contributed by atoms with Gasteiger partial charge in [-0.3, -0.25) is 10.0 Å². The van der Waals surface area contributed by atoms with Crippen LogP contribution >= 0.6 is 0 Å². The van der Waals surface area contributed by atoms with Gasteiger partial charge < -0.3 is 4.84 Å². The third kappa shape index (κ3) is 3.94. The molecule has 1 amide bonds. The van der Waals surface area contributed by atoms with E-state index in [-0.39, 0.29) is 18.7 Å². The fourth-order valence-corrected chi connectivity index (χ4v) is 3.53. The molecular weight excluding hydrogens is 363 g/mol. The van der Waals surface area contributed by atoms with Crippen molar-refractivity contribution >= 4 is 27.3 Å². The predicted octanol–water partition coefficient (Wildman–Crippen LogP) is 2.21. The van der Waals surface area contributed by atoms with Crippen LogP contribution in [0.4, 0.5) is 4.39 Å². The summed E-state index contributed by atoms with van der Waals surface area (Å²) in [6.45, 7) is 2.83. The number of rotatable bonds is 6. The first-order valence-corrected chi connectivity index (χ1v) is 9.81. The van der Waals surface area contributed by atoms with Crippen LogP contribution < -0.4 is 5.48 Å². The van der Waals surface area contributed by atoms with Crippen molar-refractivity contribution in [1.82, 2.24) is 5.48 Å². The molecule has 0 aromatic heterocycles. The molecule has 2 N–H and O–H groups in total. The molecule has 142 valence electrons. The van der Waals surface area contributed by atoms with Crippen molar-refractivity contribution in [2.45, 2.75) is 37.5 Å². The number of nitrogens with zero attached hydrogens (tertiary/aromatic N) is 1. The standard InChI is InChI=1S/C17H21FN2O5S/c1-4-14(18)11-5-7-12(8-6-11)15-9-13(25-20-15)10-17(2,16(21)19-22)26(3,23)24/h4-8,13,22H,9-10H2,1-3H3,(H,19,21)/t13-,17-/m1/s1. The van der Waals surface area contributed by atoms with Crippen molar-refractivity contribution in [3.05, 3.63) is 41.5 Å². The van der Waals surface area contributed by atoms with Crippen LogP contribution in [0, 0.1) is 0 Å². The Morgan fingerprint density at radius 3 is 2.58 bits per heavy atom. The zero-order valence-electron chi connectivity index (χ0n) is 14.7. The molecule has 0 radical (unpaired) electrons. The third-order valence-corrected chi connectivity index (χ3v) is 6.49. The first kappa shape index (κ1) is 20.1. The predicted molar refractivity (Wildman–Crippen MR) is 95.0 cm³/mol. The molecule has 1 aromatic rings. The molecule has 1 aliphatic rings. The van der Waals surface area contributed by atoms with Crippen LogP contribution in [0.25, 0.3) is 5.83 Å². The third-order valence-electron chi connectivity index (χ3n) is 4.50. The SMILES string of the molecule is CC=C(F)c1ccc(C2=NO[C@@H](C[C@](C)(C(=O)NO)S(C)(=O)=O)C2)cc1. The summed E-state index contributed by atoms with van der Waals surface area (Å²) in [5, 5.41) is 12.8. The monoisotopic (exact) mass is 384 g/mol. The number of allylic oxidation sites excluding steroid dienone is 1. The first-order valence-electron chi connectivity index (χ1n) is 7.92. The molecule has 0 fully saturated rings. The molecular formula is C17H21FN2O5S. The van der Waals surface area contributed by atoms with Crippen molar-refractivity contribution in [3.63, 3.8) is 0 Å². The Bertz CT molecular complexity index is 848. The highest BCUT2D eigenvalue weighted by Crippen LogP contribution is 2.29. The summed E-state index contributed by atoms with van der Waals surface area (Å²) in [6.07, 6.45) is 1.76. The zero-order chi connectivity index (χ0) is 19.5. The summed E-state index contributed by atoms with van der Waals surface area (Å²) in [5.41, 5.74) is 3.13. The lowest BCUT2D eigenvalue weighted by molar-refractivity contribution is -0.132. The van der Waals surface area contributed by atoms with Gasteiger partial charge in [0.25, 0.3) is 5.91 Å². The van der Waals surface area contributed by atoms with E-state index in [9.17, 15) is 17.6 Å². The number of hydrogen-bond donors (Lipinski definition) is 2. The number of hydroxylamine groups is 1. The number of benzene rings is 1. The number of nitrogens with one attached hydrogen (secondary N) is 1. The highest BCUT2D eigenvalue weighted by Gasteiger charge is 2.47. The second-order valence-corrected chi connectivity index (χ2v) is 8.78. The Hall–Kier alpha value is -2.26. The van der Waals surface area contributed by atoms with Gasteiger partial charge in [0.15, 0.2) is 14.6 Å². The Kier molecular flexibility index (Phi) is 5.82. The fourth-order valence-electron chi connectivity index (χ4n) is 2.66. The van der Waals surface area contributed by atoms with E-state index in [0.717, 1.165) is 6.26 Å². The Morgan fingerprint density at radius 1 is 1.46 bits per heavy atom. The number of carbonyl (C=O) groups is 1. The molecule has 9 heteroatoms. The molecule has 2 atom stereocenters. The molecule has 1 heterocycles. The highest BCUT2D eigenvalue weighted by atomic mass is 32.2. The number of carbonyl (C=O) groups excluding carboxylic acids is 1. The average molecular weight is 384 g/mol. The number of hydrogen-bond acceptors (Lipinski definition) is 6. The molecule has 0 saturated carbocycles. The number of halogens is 1. The minimum absolute atomic E-state index is 0.170. The topological polar surface area (TPSA) is 105 Å². The van der Waals surface area contributed by atoms with E-state index < -0.39 is 26.6 Å². The lowest BCUT2D eigenvalue weighted by Crippen LogP contribution is -2.51. The second kappa shape index (κ2) is 7.55. The lowest BCUT2D eigenvalue weighted by atomic mass is 9.96. The normalized spacial score (nSPS) is 20.1. The molecule has 7 nitrogen and oxygen atoms in total. The van der Waals surface area contributed by atoms with Gasteiger partial charge in [0.05, 0.1) is 5.71 Å². The van der Waals surface area contributed by atoms with E-state index in [1.807, 2.05) is 0 Å². The number of oxime groups is 1. The molecule has 0 saturated heterocycles. The van der Waals surface area contributed by atoms with Crippen molar-refractivity contribution in [2.75, 3.05) is 6.26 Å². The van der Waals surface area contributed by atoms with Gasteiger partial charge in [-0.2, -0.15) is 0 Å². The maximum atomic E-state index is 13.5. The molecule has 0 aliphatic carbocycles. The van der Waals surface area contributed by atoms with Gasteiger partial charge in [-0.1, -0.05) is 35.5 Å². The van der Waals surface area contributed by atoms with E-state index in [1.54, 1.807) is 31.2 Å². The van der Waals surface area contributed by atoms with E-state index in [1.165, 1.54) is 18.5 Å². The molecule has 1 aliphatic heterocycles. The van der Waals surface area contributed by atoms with Gasteiger partial charge in [-0.15, -0.1) is 0 Å². The van der Waals surface area contributed by atoms with Crippen LogP contribution in [0.3, 0.4) is 0 Å². The molecule has 2 rings (SSSR count). The van der Waals surface area contributed by atoms with Gasteiger partial charge in [0.1, 0.15) is 11.9 Å². The summed E-state index contributed by atoms with van der Waals surface area (Å²) in [7, 11) is -3.81. The lowest BCUT2D eigenvalue weighted by Gasteiger charge is -2.26. The van der Waals surface area contributed by atoms with Crippen molar-refractivity contribution in [1.29, 1.82) is 0 Å². The summed E-state index contributed by atoms with van der Waals surface area (Å²) >= 11 is 0. The van der Waals surface area contributed by atoms with Crippen molar-refractivity contribution in [3.8, 4) is 0 Å². The van der Waals surface area contributed by atoms with Crippen LogP contribution in [0.2, 0.25) is 0 Å². The van der Waals surface area contributed by atoms with E-state index >= 15 is 0 Å². The zero-order valence-corrected chi connectivity index (χ0v) is 15.5. The van der Waals surface area contributed by atoms with E-state index in [0.29, 0.717) is 16.8 Å². The van der Waals surface area contributed by atoms with Gasteiger partial charge in [0, 0.05) is 24.7 Å². The van der Waals surface area contributed by atoms with Crippen LogP contribution in [-0.4, -0.2) is 42.4 Å². The van der Waals surface area contributed by atoms with E-state index in [4.69, 9.17) is 10.0 Å². The second-order valence-electron chi connectivity index (χ2n) is 6.33. The highest BCUT2D eigenvalue weighted by molar-refractivity contribution is 7.92. The van der Waals surface area contributed by atoms with E-state index in [2.05, 4.69) is 5.16 Å². The summed E-state index contributed by atoms with van der Waals surface area (Å²) in [6, 6.07) is 6.61. The van der Waals surface area contributed by atoms with Gasteiger partial charge in [-0.25, -0.2) is 18.3 Å². The molecule has 1 aromatic carbocycles. The Labute approximate surface area is 151 Å².